The van der Waals surface area contributed by atoms with Crippen LogP contribution < -0.4 is 5.73 Å². The molecule has 72 valence electrons. The van der Waals surface area contributed by atoms with Gasteiger partial charge in [0.25, 0.3) is 0 Å². The zero-order chi connectivity index (χ0) is 9.84. The predicted molar refractivity (Wildman–Crippen MR) is 52.6 cm³/mol. The van der Waals surface area contributed by atoms with Gasteiger partial charge in [0.2, 0.25) is 0 Å². The number of allylic oxidation sites excluding steroid dienone is 1. The molecule has 13 heavy (non-hydrogen) atoms. The Morgan fingerprint density at radius 1 is 1.69 bits per heavy atom. The van der Waals surface area contributed by atoms with Crippen molar-refractivity contribution in [2.75, 3.05) is 0 Å². The van der Waals surface area contributed by atoms with E-state index in [1.165, 1.54) is 12.3 Å². The van der Waals surface area contributed by atoms with E-state index in [1.807, 2.05) is 0 Å². The minimum atomic E-state index is 0.204. The van der Waals surface area contributed by atoms with Crippen molar-refractivity contribution in [2.45, 2.75) is 26.2 Å². The minimum Gasteiger partial charge on any atom is -0.405 e. The van der Waals surface area contributed by atoms with E-state index in [1.54, 1.807) is 0 Å². The van der Waals surface area contributed by atoms with E-state index in [4.69, 9.17) is 11.1 Å². The molecule has 1 aliphatic carbocycles. The Labute approximate surface area is 78.5 Å². The maximum atomic E-state index is 11.4. The van der Waals surface area contributed by atoms with Gasteiger partial charge in [-0.25, -0.2) is 0 Å². The van der Waals surface area contributed by atoms with Crippen LogP contribution in [0.2, 0.25) is 0 Å². The first-order chi connectivity index (χ1) is 6.19. The molecule has 0 aromatic heterocycles. The van der Waals surface area contributed by atoms with Gasteiger partial charge in [0.1, 0.15) is 5.78 Å². The molecule has 0 aromatic rings. The minimum absolute atomic E-state index is 0.204. The Balaban J connectivity index is 2.31. The van der Waals surface area contributed by atoms with E-state index < -0.39 is 0 Å². The van der Waals surface area contributed by atoms with Crippen molar-refractivity contribution in [3.63, 3.8) is 0 Å². The number of rotatable bonds is 5. The molecule has 1 saturated carbocycles. The predicted octanol–water partition coefficient (Wildman–Crippen LogP) is 1.48. The highest BCUT2D eigenvalue weighted by Crippen LogP contribution is 2.42. The van der Waals surface area contributed by atoms with Crippen molar-refractivity contribution in [1.82, 2.24) is 0 Å². The lowest BCUT2D eigenvalue weighted by atomic mass is 10.1. The van der Waals surface area contributed by atoms with Crippen LogP contribution in [0.25, 0.3) is 0 Å². The Hall–Kier alpha value is -1.12. The molecule has 0 aliphatic heterocycles. The fraction of sp³-hybridized carbons (Fsp3) is 0.600. The molecular weight excluding hydrogens is 164 g/mol. The van der Waals surface area contributed by atoms with Gasteiger partial charge in [-0.1, -0.05) is 13.3 Å². The lowest BCUT2D eigenvalue weighted by Gasteiger charge is -1.97. The van der Waals surface area contributed by atoms with Gasteiger partial charge in [-0.3, -0.25) is 4.79 Å². The van der Waals surface area contributed by atoms with Crippen LogP contribution in [0, 0.1) is 17.2 Å². The number of Topliss-reactive ketones (excluding diaryl/α,β-unsaturated/α-hetero) is 1. The first kappa shape index (κ1) is 9.96. The molecule has 1 fully saturated rings. The summed E-state index contributed by atoms with van der Waals surface area (Å²) in [7, 11) is 0. The molecule has 0 spiro atoms. The van der Waals surface area contributed by atoms with E-state index in [0.29, 0.717) is 11.6 Å². The molecule has 2 atom stereocenters. The summed E-state index contributed by atoms with van der Waals surface area (Å²) in [6.45, 7) is 2.10. The average Bonchev–Trinajstić information content (AvgIpc) is 2.82. The third-order valence-corrected chi connectivity index (χ3v) is 2.52. The smallest absolute Gasteiger partial charge is 0.142 e. The molecule has 0 aromatic carbocycles. The summed E-state index contributed by atoms with van der Waals surface area (Å²) in [5, 5.41) is 7.38. The second kappa shape index (κ2) is 4.21. The van der Waals surface area contributed by atoms with Gasteiger partial charge in [-0.2, -0.15) is 0 Å². The second-order valence-corrected chi connectivity index (χ2v) is 3.54. The Kier molecular flexibility index (Phi) is 3.23. The molecule has 1 aliphatic rings. The van der Waals surface area contributed by atoms with E-state index in [-0.39, 0.29) is 18.1 Å². The van der Waals surface area contributed by atoms with Gasteiger partial charge in [0.15, 0.2) is 0 Å². The molecule has 0 radical (unpaired) electrons. The summed E-state index contributed by atoms with van der Waals surface area (Å²) in [5.41, 5.74) is 5.43. The monoisotopic (exact) mass is 180 g/mol. The van der Waals surface area contributed by atoms with Crippen LogP contribution in [0.3, 0.4) is 0 Å². The third kappa shape index (κ3) is 2.68. The van der Waals surface area contributed by atoms with Gasteiger partial charge in [-0.15, -0.1) is 0 Å². The number of nitrogens with two attached hydrogens (primary N) is 1. The Bertz CT molecular complexity index is 245. The summed E-state index contributed by atoms with van der Waals surface area (Å²) in [4.78, 5) is 11.4. The summed E-state index contributed by atoms with van der Waals surface area (Å²) in [5.74, 6) is 1.02. The van der Waals surface area contributed by atoms with Crippen LogP contribution in [-0.4, -0.2) is 11.5 Å². The second-order valence-electron chi connectivity index (χ2n) is 3.54. The largest absolute Gasteiger partial charge is 0.405 e. The highest BCUT2D eigenvalue weighted by Gasteiger charge is 2.40. The molecule has 3 N–H and O–H groups in total. The number of carbonyl (C=O) groups is 1. The first-order valence-corrected chi connectivity index (χ1v) is 4.67. The van der Waals surface area contributed by atoms with Crippen LogP contribution in [-0.2, 0) is 4.79 Å². The van der Waals surface area contributed by atoms with E-state index in [0.717, 1.165) is 12.8 Å². The quantitative estimate of drug-likeness (QED) is 0.629. The van der Waals surface area contributed by atoms with Gasteiger partial charge < -0.3 is 11.1 Å². The molecule has 0 amide bonds. The molecular formula is C10H16N2O. The molecule has 0 saturated heterocycles. The molecule has 3 heteroatoms. The summed E-state index contributed by atoms with van der Waals surface area (Å²) >= 11 is 0. The fourth-order valence-electron chi connectivity index (χ4n) is 1.59. The van der Waals surface area contributed by atoms with E-state index >= 15 is 0 Å². The maximum Gasteiger partial charge on any atom is 0.142 e. The van der Waals surface area contributed by atoms with Crippen molar-refractivity contribution in [3.05, 3.63) is 12.3 Å². The van der Waals surface area contributed by atoms with Crippen LogP contribution in [0.4, 0.5) is 0 Å². The van der Waals surface area contributed by atoms with Crippen molar-refractivity contribution < 1.29 is 4.79 Å². The van der Waals surface area contributed by atoms with Crippen molar-refractivity contribution in [3.8, 4) is 0 Å². The SMILES string of the molecule is CCC1CC1C(=O)CC(=N)/C=C\N. The number of nitrogens with one attached hydrogen (secondary N) is 1. The standard InChI is InChI=1S/C10H16N2O/c1-2-7-5-9(7)10(13)6-8(12)3-4-11/h3-4,7,9,12H,2,5-6,11H2,1H3/b4-3-,12-8?. The van der Waals surface area contributed by atoms with Gasteiger partial charge >= 0.3 is 0 Å². The maximum absolute atomic E-state index is 11.4. The number of carbonyl (C=O) groups excluding carboxylic acids is 1. The van der Waals surface area contributed by atoms with Crippen LogP contribution in [0.1, 0.15) is 26.2 Å². The van der Waals surface area contributed by atoms with E-state index in [9.17, 15) is 4.79 Å². The van der Waals surface area contributed by atoms with Crippen LogP contribution >= 0.6 is 0 Å². The average molecular weight is 180 g/mol. The first-order valence-electron chi connectivity index (χ1n) is 4.67. The molecule has 1 rings (SSSR count). The Morgan fingerprint density at radius 3 is 2.85 bits per heavy atom. The normalized spacial score (nSPS) is 26.2. The van der Waals surface area contributed by atoms with Gasteiger partial charge in [-0.05, 0) is 24.6 Å². The van der Waals surface area contributed by atoms with E-state index in [2.05, 4.69) is 6.92 Å². The van der Waals surface area contributed by atoms with Gasteiger partial charge in [0.05, 0.1) is 0 Å². The fourth-order valence-corrected chi connectivity index (χ4v) is 1.59. The zero-order valence-corrected chi connectivity index (χ0v) is 7.92. The molecule has 0 heterocycles. The Morgan fingerprint density at radius 2 is 2.38 bits per heavy atom. The number of ketones is 1. The summed E-state index contributed by atoms with van der Waals surface area (Å²) in [6.07, 6.45) is 5.13. The lowest BCUT2D eigenvalue weighted by molar-refractivity contribution is -0.119. The van der Waals surface area contributed by atoms with Crippen molar-refractivity contribution in [1.29, 1.82) is 5.41 Å². The molecule has 0 bridgehead atoms. The molecule has 2 unspecified atom stereocenters. The van der Waals surface area contributed by atoms with Crippen molar-refractivity contribution >= 4 is 11.5 Å². The topological polar surface area (TPSA) is 66.9 Å². The number of hydrogen-bond donors (Lipinski definition) is 2. The lowest BCUT2D eigenvalue weighted by Crippen LogP contribution is -2.08. The highest BCUT2D eigenvalue weighted by atomic mass is 16.1. The van der Waals surface area contributed by atoms with Crippen LogP contribution in [0.5, 0.6) is 0 Å². The summed E-state index contributed by atoms with van der Waals surface area (Å²) < 4.78 is 0. The third-order valence-electron chi connectivity index (χ3n) is 2.52. The van der Waals surface area contributed by atoms with Crippen LogP contribution in [0.15, 0.2) is 12.3 Å². The van der Waals surface area contributed by atoms with Crippen molar-refractivity contribution in [2.24, 2.45) is 17.6 Å². The van der Waals surface area contributed by atoms with Gasteiger partial charge in [0, 0.05) is 18.1 Å². The molecule has 3 nitrogen and oxygen atoms in total. The highest BCUT2D eigenvalue weighted by molar-refractivity contribution is 6.07. The number of hydrogen-bond acceptors (Lipinski definition) is 3. The zero-order valence-electron chi connectivity index (χ0n) is 7.92. The summed E-state index contributed by atoms with van der Waals surface area (Å²) in [6, 6.07) is 0.